The van der Waals surface area contributed by atoms with Gasteiger partial charge in [0.25, 0.3) is 5.91 Å². The highest BCUT2D eigenvalue weighted by Gasteiger charge is 2.32. The Kier molecular flexibility index (Phi) is 10.3. The van der Waals surface area contributed by atoms with Crippen molar-refractivity contribution in [1.82, 2.24) is 19.5 Å². The van der Waals surface area contributed by atoms with Gasteiger partial charge in [0.2, 0.25) is 0 Å². The van der Waals surface area contributed by atoms with Crippen molar-refractivity contribution in [2.24, 2.45) is 0 Å². The monoisotopic (exact) mass is 539 g/mol. The zero-order valence-corrected chi connectivity index (χ0v) is 24.1. The number of nitrogens with one attached hydrogen (secondary N) is 1. The predicted molar refractivity (Wildman–Crippen MR) is 157 cm³/mol. The van der Waals surface area contributed by atoms with Crippen molar-refractivity contribution >= 4 is 22.7 Å². The van der Waals surface area contributed by atoms with Gasteiger partial charge in [0, 0.05) is 49.7 Å². The maximum absolute atomic E-state index is 12.9. The van der Waals surface area contributed by atoms with Crippen LogP contribution in [0.1, 0.15) is 87.1 Å². The number of aromatic nitrogens is 1. The van der Waals surface area contributed by atoms with E-state index in [-0.39, 0.29) is 17.8 Å². The number of amides is 1. The van der Waals surface area contributed by atoms with Gasteiger partial charge < -0.3 is 11.1 Å². The number of nitrogens with zero attached hydrogens (tertiary/aromatic N) is 3. The molecular weight excluding hydrogens is 494 g/mol. The van der Waals surface area contributed by atoms with Crippen molar-refractivity contribution < 1.29 is 9.00 Å². The van der Waals surface area contributed by atoms with Crippen LogP contribution in [0.15, 0.2) is 36.5 Å². The molecule has 0 spiro atoms. The van der Waals surface area contributed by atoms with Crippen LogP contribution in [-0.2, 0) is 11.0 Å². The molecule has 208 valence electrons. The molecule has 2 atom stereocenters. The average molecular weight is 540 g/mol. The Morgan fingerprint density at radius 3 is 2.32 bits per heavy atom. The zero-order valence-electron chi connectivity index (χ0n) is 23.3. The molecule has 5 rings (SSSR count). The van der Waals surface area contributed by atoms with Gasteiger partial charge >= 0.3 is 0 Å². The van der Waals surface area contributed by atoms with E-state index in [2.05, 4.69) is 43.8 Å². The minimum absolute atomic E-state index is 0.118. The number of hydrogen-bond donors (Lipinski definition) is 2. The first kappa shape index (κ1) is 28.7. The van der Waals surface area contributed by atoms with E-state index in [9.17, 15) is 9.00 Å². The molecule has 3 N–H and O–H groups in total. The van der Waals surface area contributed by atoms with Crippen LogP contribution < -0.4 is 11.1 Å². The molecule has 1 aromatic heterocycles. The number of nitrogen functional groups attached to an aromatic ring is 1. The number of anilines is 1. The lowest BCUT2D eigenvalue weighted by Gasteiger charge is -2.35. The van der Waals surface area contributed by atoms with Gasteiger partial charge in [-0.15, -0.1) is 0 Å². The molecule has 3 aliphatic rings. The Balaban J connectivity index is 0.00000164. The average Bonchev–Trinajstić information content (AvgIpc) is 3.45. The van der Waals surface area contributed by atoms with E-state index < -0.39 is 11.0 Å². The number of pyridine rings is 1. The van der Waals surface area contributed by atoms with Crippen LogP contribution in [0.3, 0.4) is 0 Å². The molecule has 2 aliphatic heterocycles. The molecule has 1 amide bonds. The third-order valence-corrected chi connectivity index (χ3v) is 9.43. The minimum Gasteiger partial charge on any atom is -0.383 e. The molecule has 2 unspecified atom stereocenters. The molecule has 0 radical (unpaired) electrons. The molecule has 2 saturated heterocycles. The minimum atomic E-state index is -0.850. The van der Waals surface area contributed by atoms with E-state index in [1.165, 1.54) is 31.2 Å². The van der Waals surface area contributed by atoms with Gasteiger partial charge in [-0.05, 0) is 61.8 Å². The molecule has 3 heterocycles. The van der Waals surface area contributed by atoms with E-state index in [0.29, 0.717) is 17.5 Å². The first-order valence-corrected chi connectivity index (χ1v) is 16.0. The molecule has 1 saturated carbocycles. The largest absolute Gasteiger partial charge is 0.383 e. The molecule has 3 fully saturated rings. The highest BCUT2D eigenvalue weighted by atomic mass is 32.2. The molecular formula is C30H45N5O2S. The fraction of sp³-hybridized carbons (Fsp3) is 0.600. The molecule has 7 nitrogen and oxygen atoms in total. The van der Waals surface area contributed by atoms with Gasteiger partial charge in [0.05, 0.1) is 16.5 Å². The van der Waals surface area contributed by atoms with Crippen LogP contribution >= 0.6 is 0 Å². The van der Waals surface area contributed by atoms with E-state index in [1.807, 2.05) is 19.9 Å². The smallest absolute Gasteiger partial charge is 0.255 e. The number of hydrogen-bond acceptors (Lipinski definition) is 5. The lowest BCUT2D eigenvalue weighted by molar-refractivity contribution is 0.0928. The third kappa shape index (κ3) is 7.01. The summed E-state index contributed by atoms with van der Waals surface area (Å²) in [5, 5.41) is 3.16. The second-order valence-corrected chi connectivity index (χ2v) is 12.0. The van der Waals surface area contributed by atoms with Crippen molar-refractivity contribution in [2.45, 2.75) is 83.2 Å². The summed E-state index contributed by atoms with van der Waals surface area (Å²) in [6.45, 7) is 8.08. The first-order valence-electron chi connectivity index (χ1n) is 14.5. The number of carbonyl (C=O) groups is 1. The van der Waals surface area contributed by atoms with Gasteiger partial charge in [0.15, 0.2) is 0 Å². The number of piperidine rings is 1. The number of rotatable bonds is 6. The maximum Gasteiger partial charge on any atom is 0.255 e. The summed E-state index contributed by atoms with van der Waals surface area (Å²) >= 11 is 0. The van der Waals surface area contributed by atoms with Crippen LogP contribution in [0.4, 0.5) is 5.82 Å². The molecule has 0 bridgehead atoms. The fourth-order valence-corrected chi connectivity index (χ4v) is 6.85. The Morgan fingerprint density at radius 2 is 1.66 bits per heavy atom. The molecule has 1 aromatic carbocycles. The molecule has 38 heavy (non-hydrogen) atoms. The Labute approximate surface area is 231 Å². The van der Waals surface area contributed by atoms with Gasteiger partial charge in [-0.2, -0.15) is 0 Å². The highest BCUT2D eigenvalue weighted by molar-refractivity contribution is 7.81. The number of nitrogens with two attached hydrogens (primary N) is 1. The van der Waals surface area contributed by atoms with Gasteiger partial charge in [-0.3, -0.25) is 9.69 Å². The number of likely N-dealkylation sites (tertiary alicyclic amines) is 1. The van der Waals surface area contributed by atoms with Crippen molar-refractivity contribution in [2.75, 3.05) is 38.2 Å². The summed E-state index contributed by atoms with van der Waals surface area (Å²) in [7, 11) is -0.850. The van der Waals surface area contributed by atoms with Crippen LogP contribution in [0.5, 0.6) is 0 Å². The number of benzene rings is 1. The van der Waals surface area contributed by atoms with Crippen LogP contribution in [0.25, 0.3) is 11.1 Å². The maximum atomic E-state index is 12.9. The van der Waals surface area contributed by atoms with Gasteiger partial charge in [-0.25, -0.2) is 13.5 Å². The summed E-state index contributed by atoms with van der Waals surface area (Å²) in [5.74, 6) is 0.705. The van der Waals surface area contributed by atoms with E-state index >= 15 is 0 Å². The predicted octanol–water partition coefficient (Wildman–Crippen LogP) is 4.97. The van der Waals surface area contributed by atoms with E-state index in [4.69, 9.17) is 5.73 Å². The summed E-state index contributed by atoms with van der Waals surface area (Å²) in [6.07, 6.45) is 12.6. The van der Waals surface area contributed by atoms with Crippen LogP contribution in [0, 0.1) is 0 Å². The van der Waals surface area contributed by atoms with Crippen molar-refractivity contribution in [1.29, 1.82) is 0 Å². The van der Waals surface area contributed by atoms with Crippen LogP contribution in [-0.4, -0.2) is 68.8 Å². The lowest BCUT2D eigenvalue weighted by atomic mass is 9.94. The van der Waals surface area contributed by atoms with Crippen molar-refractivity contribution in [3.05, 3.63) is 47.7 Å². The second kappa shape index (κ2) is 13.7. The Morgan fingerprint density at radius 1 is 0.974 bits per heavy atom. The third-order valence-electron chi connectivity index (χ3n) is 8.34. The number of carbonyl (C=O) groups excluding carboxylic acids is 1. The van der Waals surface area contributed by atoms with Gasteiger partial charge in [-0.1, -0.05) is 57.4 Å². The summed E-state index contributed by atoms with van der Waals surface area (Å²) in [5.41, 5.74) is 9.88. The van der Waals surface area contributed by atoms with Gasteiger partial charge in [0.1, 0.15) is 5.82 Å². The summed E-state index contributed by atoms with van der Waals surface area (Å²) < 4.78 is 13.8. The standard InChI is InChI=1S/C28H39N5O2S.C2H6/c1-36(35)33-15-12-25(13-16-33)32-14-11-22(19-32)20-7-9-21(10-8-20)23-17-26(27(29)30-18-23)28(34)31-24-5-3-2-4-6-24;1-2/h7-10,17-18,22,24-25H,2-6,11-16,19H2,1H3,(H2,29,30)(H,31,34);1-2H3. The quantitative estimate of drug-likeness (QED) is 0.541. The topological polar surface area (TPSA) is 91.6 Å². The molecule has 2 aromatic rings. The molecule has 1 aliphatic carbocycles. The first-order chi connectivity index (χ1) is 18.5. The van der Waals surface area contributed by atoms with Crippen molar-refractivity contribution in [3.63, 3.8) is 0 Å². The highest BCUT2D eigenvalue weighted by Crippen LogP contribution is 2.32. The zero-order chi connectivity index (χ0) is 27.1. The summed E-state index contributed by atoms with van der Waals surface area (Å²) in [6, 6.07) is 11.5. The Bertz CT molecular complexity index is 1080. The SMILES string of the molecule is CC.CS(=O)N1CCC(N2CCC(c3ccc(-c4cnc(N)c(C(=O)NC5CCCCC5)c4)cc3)C2)CC1. The van der Waals surface area contributed by atoms with Crippen LogP contribution in [0.2, 0.25) is 0 Å². The summed E-state index contributed by atoms with van der Waals surface area (Å²) in [4.78, 5) is 19.9. The normalized spacial score (nSPS) is 22.4. The van der Waals surface area contributed by atoms with Crippen molar-refractivity contribution in [3.8, 4) is 11.1 Å². The Hall–Kier alpha value is -2.29. The lowest BCUT2D eigenvalue weighted by Crippen LogP contribution is -2.44. The second-order valence-electron chi connectivity index (χ2n) is 10.7. The fourth-order valence-electron chi connectivity index (χ4n) is 6.13. The van der Waals surface area contributed by atoms with E-state index in [1.54, 1.807) is 12.5 Å². The molecule has 8 heteroatoms. The van der Waals surface area contributed by atoms with E-state index in [0.717, 1.165) is 63.0 Å².